The van der Waals surface area contributed by atoms with Crippen LogP contribution in [0.5, 0.6) is 0 Å². The highest BCUT2D eigenvalue weighted by Gasteiger charge is 2.20. The molecule has 0 radical (unpaired) electrons. The molecule has 0 fully saturated rings. The normalized spacial score (nSPS) is 12.4. The fraction of sp³-hybridized carbons (Fsp3) is 0.250. The van der Waals surface area contributed by atoms with Crippen LogP contribution in [0, 0.1) is 12.7 Å². The Bertz CT molecular complexity index is 593. The molecule has 1 atom stereocenters. The zero-order valence-electron chi connectivity index (χ0n) is 11.4. The van der Waals surface area contributed by atoms with Gasteiger partial charge < -0.3 is 5.32 Å². The molecule has 0 bridgehead atoms. The smallest absolute Gasteiger partial charge is 0.129 e. The van der Waals surface area contributed by atoms with Gasteiger partial charge in [-0.1, -0.05) is 48.3 Å². The summed E-state index contributed by atoms with van der Waals surface area (Å²) in [5.74, 6) is -0.319. The van der Waals surface area contributed by atoms with Crippen molar-refractivity contribution in [2.24, 2.45) is 0 Å². The molecule has 0 heterocycles. The van der Waals surface area contributed by atoms with Crippen molar-refractivity contribution in [3.8, 4) is 0 Å². The van der Waals surface area contributed by atoms with Crippen LogP contribution >= 0.6 is 23.2 Å². The molecule has 1 unspecified atom stereocenters. The molecule has 20 heavy (non-hydrogen) atoms. The summed E-state index contributed by atoms with van der Waals surface area (Å²) in [6, 6.07) is 10.1. The fourth-order valence-corrected chi connectivity index (χ4v) is 2.63. The molecule has 0 saturated heterocycles. The third-order valence-corrected chi connectivity index (χ3v) is 3.96. The number of hydrogen-bond donors (Lipinski definition) is 1. The van der Waals surface area contributed by atoms with E-state index < -0.39 is 0 Å². The molecule has 2 rings (SSSR count). The first-order valence-electron chi connectivity index (χ1n) is 6.48. The number of benzene rings is 2. The lowest BCUT2D eigenvalue weighted by molar-refractivity contribution is 0.559. The number of aryl methyl sites for hydroxylation is 1. The minimum atomic E-state index is -0.319. The summed E-state index contributed by atoms with van der Waals surface area (Å²) >= 11 is 12.3. The van der Waals surface area contributed by atoms with E-state index in [4.69, 9.17) is 23.2 Å². The van der Waals surface area contributed by atoms with Gasteiger partial charge in [0.25, 0.3) is 0 Å². The molecule has 2 aromatic carbocycles. The molecule has 2 aromatic rings. The highest BCUT2D eigenvalue weighted by Crippen LogP contribution is 2.32. The van der Waals surface area contributed by atoms with Gasteiger partial charge in [-0.05, 0) is 42.8 Å². The molecule has 0 aromatic heterocycles. The minimum Gasteiger partial charge on any atom is -0.306 e. The van der Waals surface area contributed by atoms with Gasteiger partial charge in [0.1, 0.15) is 5.82 Å². The van der Waals surface area contributed by atoms with Crippen LogP contribution in [0.3, 0.4) is 0 Å². The van der Waals surface area contributed by atoms with Crippen molar-refractivity contribution in [2.45, 2.75) is 19.9 Å². The zero-order valence-corrected chi connectivity index (χ0v) is 12.9. The Labute approximate surface area is 128 Å². The summed E-state index contributed by atoms with van der Waals surface area (Å²) in [7, 11) is 0. The highest BCUT2D eigenvalue weighted by molar-refractivity contribution is 6.32. The first-order chi connectivity index (χ1) is 9.54. The summed E-state index contributed by atoms with van der Waals surface area (Å²) in [5.41, 5.74) is 2.34. The number of rotatable bonds is 4. The lowest BCUT2D eigenvalue weighted by Crippen LogP contribution is -2.23. The molecule has 0 aliphatic rings. The molecule has 1 N–H and O–H groups in total. The molecule has 4 heteroatoms. The summed E-state index contributed by atoms with van der Waals surface area (Å²) in [6.45, 7) is 4.60. The van der Waals surface area contributed by atoms with Gasteiger partial charge in [-0.25, -0.2) is 4.39 Å². The Morgan fingerprint density at radius 2 is 1.90 bits per heavy atom. The quantitative estimate of drug-likeness (QED) is 0.824. The Hall–Kier alpha value is -1.09. The first kappa shape index (κ1) is 15.3. The summed E-state index contributed by atoms with van der Waals surface area (Å²) < 4.78 is 14.1. The van der Waals surface area contributed by atoms with E-state index in [2.05, 4.69) is 5.32 Å². The summed E-state index contributed by atoms with van der Waals surface area (Å²) in [6.07, 6.45) is 0. The molecule has 0 spiro atoms. The lowest BCUT2D eigenvalue weighted by Gasteiger charge is -2.21. The first-order valence-corrected chi connectivity index (χ1v) is 7.23. The molecule has 106 valence electrons. The van der Waals surface area contributed by atoms with Crippen molar-refractivity contribution in [2.75, 3.05) is 6.54 Å². The standard InChI is InChI=1S/C16H16Cl2FN/c1-3-20-16(11-8-7-10(2)13(18)9-11)15-12(17)5-4-6-14(15)19/h4-9,16,20H,3H2,1-2H3. The Morgan fingerprint density at radius 3 is 2.50 bits per heavy atom. The van der Waals surface area contributed by atoms with Gasteiger partial charge in [0.05, 0.1) is 6.04 Å². The fourth-order valence-electron chi connectivity index (χ4n) is 2.17. The molecular weight excluding hydrogens is 296 g/mol. The average Bonchev–Trinajstić information content (AvgIpc) is 2.41. The average molecular weight is 312 g/mol. The van der Waals surface area contributed by atoms with Gasteiger partial charge in [0, 0.05) is 15.6 Å². The maximum atomic E-state index is 14.1. The molecular formula is C16H16Cl2FN. The van der Waals surface area contributed by atoms with Gasteiger partial charge in [0.15, 0.2) is 0 Å². The second kappa shape index (κ2) is 6.57. The van der Waals surface area contributed by atoms with Crippen LogP contribution in [0.25, 0.3) is 0 Å². The second-order valence-corrected chi connectivity index (χ2v) is 5.45. The predicted molar refractivity (Wildman–Crippen MR) is 83.1 cm³/mol. The number of nitrogens with one attached hydrogen (secondary N) is 1. The van der Waals surface area contributed by atoms with Crippen LogP contribution in [0.1, 0.15) is 29.7 Å². The van der Waals surface area contributed by atoms with Crippen molar-refractivity contribution in [1.29, 1.82) is 0 Å². The predicted octanol–water partition coefficient (Wildman–Crippen LogP) is 5.14. The molecule has 0 aliphatic carbocycles. The van der Waals surface area contributed by atoms with E-state index in [0.29, 0.717) is 22.2 Å². The number of hydrogen-bond acceptors (Lipinski definition) is 1. The maximum absolute atomic E-state index is 14.1. The van der Waals surface area contributed by atoms with E-state index >= 15 is 0 Å². The van der Waals surface area contributed by atoms with E-state index in [1.807, 2.05) is 32.0 Å². The van der Waals surface area contributed by atoms with Crippen LogP contribution in [0.2, 0.25) is 10.0 Å². The minimum absolute atomic E-state index is 0.313. The Morgan fingerprint density at radius 1 is 1.15 bits per heavy atom. The van der Waals surface area contributed by atoms with Gasteiger partial charge >= 0.3 is 0 Å². The van der Waals surface area contributed by atoms with E-state index in [1.54, 1.807) is 12.1 Å². The van der Waals surface area contributed by atoms with E-state index in [-0.39, 0.29) is 11.9 Å². The van der Waals surface area contributed by atoms with Gasteiger partial charge in [-0.2, -0.15) is 0 Å². The monoisotopic (exact) mass is 311 g/mol. The van der Waals surface area contributed by atoms with Crippen molar-refractivity contribution >= 4 is 23.2 Å². The summed E-state index contributed by atoms with van der Waals surface area (Å²) in [5, 5.41) is 4.33. The van der Waals surface area contributed by atoms with Crippen LogP contribution in [0.4, 0.5) is 4.39 Å². The third kappa shape index (κ3) is 3.14. The van der Waals surface area contributed by atoms with E-state index in [1.165, 1.54) is 6.07 Å². The largest absolute Gasteiger partial charge is 0.306 e. The van der Waals surface area contributed by atoms with Crippen LogP contribution in [-0.2, 0) is 0 Å². The maximum Gasteiger partial charge on any atom is 0.129 e. The van der Waals surface area contributed by atoms with Crippen molar-refractivity contribution in [3.05, 3.63) is 69.0 Å². The van der Waals surface area contributed by atoms with Crippen molar-refractivity contribution < 1.29 is 4.39 Å². The summed E-state index contributed by atoms with van der Waals surface area (Å²) in [4.78, 5) is 0. The number of halogens is 3. The Balaban J connectivity index is 2.53. The van der Waals surface area contributed by atoms with E-state index in [0.717, 1.165) is 11.1 Å². The van der Waals surface area contributed by atoms with Gasteiger partial charge in [0.2, 0.25) is 0 Å². The topological polar surface area (TPSA) is 12.0 Å². The molecule has 0 aliphatic heterocycles. The van der Waals surface area contributed by atoms with Crippen LogP contribution < -0.4 is 5.32 Å². The van der Waals surface area contributed by atoms with Crippen LogP contribution in [0.15, 0.2) is 36.4 Å². The van der Waals surface area contributed by atoms with Crippen LogP contribution in [-0.4, -0.2) is 6.54 Å². The van der Waals surface area contributed by atoms with Crippen molar-refractivity contribution in [3.63, 3.8) is 0 Å². The van der Waals surface area contributed by atoms with Gasteiger partial charge in [-0.15, -0.1) is 0 Å². The molecule has 1 nitrogen and oxygen atoms in total. The molecule has 0 amide bonds. The molecule has 0 saturated carbocycles. The third-order valence-electron chi connectivity index (χ3n) is 3.23. The Kier molecular flexibility index (Phi) is 5.03. The highest BCUT2D eigenvalue weighted by atomic mass is 35.5. The van der Waals surface area contributed by atoms with E-state index in [9.17, 15) is 4.39 Å². The SMILES string of the molecule is CCNC(c1ccc(C)c(Cl)c1)c1c(F)cccc1Cl. The van der Waals surface area contributed by atoms with Crippen molar-refractivity contribution in [1.82, 2.24) is 5.32 Å². The second-order valence-electron chi connectivity index (χ2n) is 4.63. The zero-order chi connectivity index (χ0) is 14.7. The lowest BCUT2D eigenvalue weighted by atomic mass is 9.97. The van der Waals surface area contributed by atoms with Gasteiger partial charge in [-0.3, -0.25) is 0 Å².